The summed E-state index contributed by atoms with van der Waals surface area (Å²) in [7, 11) is 0. The Morgan fingerprint density at radius 1 is 1.14 bits per heavy atom. The van der Waals surface area contributed by atoms with Crippen molar-refractivity contribution in [1.29, 1.82) is 0 Å². The largest absolute Gasteiger partial charge is 0.492 e. The molecule has 0 radical (unpaired) electrons. The van der Waals surface area contributed by atoms with E-state index < -0.39 is 0 Å². The number of halogens is 1. The molecule has 1 aliphatic heterocycles. The summed E-state index contributed by atoms with van der Waals surface area (Å²) in [6.07, 6.45) is 2.02. The quantitative estimate of drug-likeness (QED) is 0.687. The van der Waals surface area contributed by atoms with Crippen LogP contribution in [0.4, 0.5) is 16.2 Å². The second-order valence-electron chi connectivity index (χ2n) is 7.75. The van der Waals surface area contributed by atoms with Crippen molar-refractivity contribution in [2.24, 2.45) is 5.92 Å². The van der Waals surface area contributed by atoms with Gasteiger partial charge in [-0.3, -0.25) is 4.90 Å². The molecule has 6 nitrogen and oxygen atoms in total. The molecule has 2 heterocycles. The van der Waals surface area contributed by atoms with E-state index in [1.807, 2.05) is 31.2 Å². The van der Waals surface area contributed by atoms with Gasteiger partial charge in [-0.15, -0.1) is 0 Å². The number of nitrogen functional groups attached to an aromatic ring is 2. The van der Waals surface area contributed by atoms with Gasteiger partial charge in [0, 0.05) is 12.1 Å². The Kier molecular flexibility index (Phi) is 5.49. The Bertz CT molecular complexity index is 1010. The van der Waals surface area contributed by atoms with Crippen LogP contribution < -0.4 is 16.2 Å². The highest BCUT2D eigenvalue weighted by Crippen LogP contribution is 2.32. The van der Waals surface area contributed by atoms with Gasteiger partial charge in [0.1, 0.15) is 17.4 Å². The zero-order valence-corrected chi connectivity index (χ0v) is 16.6. The Morgan fingerprint density at radius 3 is 2.66 bits per heavy atom. The highest BCUT2D eigenvalue weighted by Gasteiger charge is 2.21. The molecule has 2 aromatic carbocycles. The fourth-order valence-electron chi connectivity index (χ4n) is 3.91. The number of hydrogen-bond donors (Lipinski definition) is 2. The van der Waals surface area contributed by atoms with Crippen LogP contribution in [0, 0.1) is 18.7 Å². The third-order valence-corrected chi connectivity index (χ3v) is 5.49. The number of rotatable bonds is 5. The molecule has 1 saturated heterocycles. The predicted octanol–water partition coefficient (Wildman–Crippen LogP) is 3.53. The smallest absolute Gasteiger partial charge is 0.222 e. The summed E-state index contributed by atoms with van der Waals surface area (Å²) >= 11 is 0. The van der Waals surface area contributed by atoms with E-state index in [-0.39, 0.29) is 11.8 Å². The molecule has 1 fully saturated rings. The summed E-state index contributed by atoms with van der Waals surface area (Å²) in [6.45, 7) is 5.10. The minimum Gasteiger partial charge on any atom is -0.492 e. The molecule has 1 aliphatic rings. The second-order valence-corrected chi connectivity index (χ2v) is 7.75. The minimum absolute atomic E-state index is 0.135. The summed E-state index contributed by atoms with van der Waals surface area (Å²) < 4.78 is 20.0. The topological polar surface area (TPSA) is 90.3 Å². The number of ether oxygens (including phenoxy) is 1. The molecule has 7 heteroatoms. The van der Waals surface area contributed by atoms with Crippen LogP contribution in [-0.4, -0.2) is 34.6 Å². The van der Waals surface area contributed by atoms with Crippen molar-refractivity contribution in [2.75, 3.05) is 31.2 Å². The summed E-state index contributed by atoms with van der Waals surface area (Å²) in [4.78, 5) is 10.6. The van der Waals surface area contributed by atoms with Crippen molar-refractivity contribution in [2.45, 2.75) is 26.3 Å². The molecule has 0 aliphatic carbocycles. The van der Waals surface area contributed by atoms with E-state index in [1.165, 1.54) is 6.07 Å². The highest BCUT2D eigenvalue weighted by molar-refractivity contribution is 5.94. The van der Waals surface area contributed by atoms with E-state index in [4.69, 9.17) is 16.2 Å². The Balaban J connectivity index is 1.38. The number of anilines is 2. The third-order valence-electron chi connectivity index (χ3n) is 5.49. The maximum absolute atomic E-state index is 13.9. The lowest BCUT2D eigenvalue weighted by Crippen LogP contribution is -2.35. The summed E-state index contributed by atoms with van der Waals surface area (Å²) in [5, 5.41) is 0.710. The first-order valence-electron chi connectivity index (χ1n) is 9.91. The Morgan fingerprint density at radius 2 is 1.90 bits per heavy atom. The number of aromatic nitrogens is 2. The van der Waals surface area contributed by atoms with Crippen molar-refractivity contribution in [3.8, 4) is 5.75 Å². The lowest BCUT2D eigenvalue weighted by molar-refractivity contribution is 0.136. The molecule has 0 unspecified atom stereocenters. The lowest BCUT2D eigenvalue weighted by Gasteiger charge is -2.32. The molecule has 3 aromatic rings. The standard InChI is InChI=1S/C22H26FN5O/c1-14-10-18-20(21(24)27-22(25)26-18)19(11-14)29-13-15-6-8-28(9-7-15)12-16-4-2-3-5-17(16)23/h2-5,10-11,15H,6-9,12-13H2,1H3,(H4,24,25,26,27). The van der Waals surface area contributed by atoms with Gasteiger partial charge in [-0.25, -0.2) is 9.37 Å². The van der Waals surface area contributed by atoms with Gasteiger partial charge in [0.25, 0.3) is 0 Å². The maximum atomic E-state index is 13.9. The molecule has 0 amide bonds. The van der Waals surface area contributed by atoms with Gasteiger partial charge in [-0.2, -0.15) is 4.98 Å². The highest BCUT2D eigenvalue weighted by atomic mass is 19.1. The van der Waals surface area contributed by atoms with Crippen LogP contribution in [-0.2, 0) is 6.54 Å². The number of nitrogens with zero attached hydrogens (tertiary/aromatic N) is 3. The van der Waals surface area contributed by atoms with Gasteiger partial charge in [0.15, 0.2) is 0 Å². The van der Waals surface area contributed by atoms with E-state index in [0.717, 1.165) is 37.1 Å². The molecule has 152 valence electrons. The van der Waals surface area contributed by atoms with Crippen molar-refractivity contribution in [1.82, 2.24) is 14.9 Å². The van der Waals surface area contributed by atoms with Crippen molar-refractivity contribution in [3.05, 3.63) is 53.3 Å². The van der Waals surface area contributed by atoms with Crippen LogP contribution in [0.15, 0.2) is 36.4 Å². The van der Waals surface area contributed by atoms with Gasteiger partial charge < -0.3 is 16.2 Å². The fraction of sp³-hybridized carbons (Fsp3) is 0.364. The maximum Gasteiger partial charge on any atom is 0.222 e. The van der Waals surface area contributed by atoms with Crippen LogP contribution in [0.2, 0.25) is 0 Å². The van der Waals surface area contributed by atoms with Crippen LogP contribution >= 0.6 is 0 Å². The normalized spacial score (nSPS) is 15.7. The predicted molar refractivity (Wildman–Crippen MR) is 113 cm³/mol. The molecular formula is C22H26FN5O. The SMILES string of the molecule is Cc1cc(OCC2CCN(Cc3ccccc3F)CC2)c2c(N)nc(N)nc2c1. The molecule has 1 aromatic heterocycles. The van der Waals surface area contributed by atoms with Crippen LogP contribution in [0.25, 0.3) is 10.9 Å². The van der Waals surface area contributed by atoms with E-state index in [0.29, 0.717) is 41.5 Å². The average Bonchev–Trinajstić information content (AvgIpc) is 2.68. The molecule has 4 N–H and O–H groups in total. The van der Waals surface area contributed by atoms with Crippen molar-refractivity contribution < 1.29 is 9.13 Å². The monoisotopic (exact) mass is 395 g/mol. The van der Waals surface area contributed by atoms with E-state index >= 15 is 0 Å². The Labute approximate surface area is 169 Å². The third kappa shape index (κ3) is 4.40. The number of hydrogen-bond acceptors (Lipinski definition) is 6. The average molecular weight is 395 g/mol. The van der Waals surface area contributed by atoms with Gasteiger partial charge >= 0.3 is 0 Å². The summed E-state index contributed by atoms with van der Waals surface area (Å²) in [6, 6.07) is 10.9. The molecular weight excluding hydrogens is 369 g/mol. The molecule has 0 saturated carbocycles. The lowest BCUT2D eigenvalue weighted by atomic mass is 9.97. The number of piperidine rings is 1. The number of nitrogens with two attached hydrogens (primary N) is 2. The Hall–Kier alpha value is -2.93. The van der Waals surface area contributed by atoms with Crippen LogP contribution in [0.5, 0.6) is 5.75 Å². The molecule has 0 atom stereocenters. The minimum atomic E-state index is -0.135. The van der Waals surface area contributed by atoms with Gasteiger partial charge in [-0.1, -0.05) is 18.2 Å². The van der Waals surface area contributed by atoms with Crippen molar-refractivity contribution in [3.63, 3.8) is 0 Å². The van der Waals surface area contributed by atoms with E-state index in [9.17, 15) is 4.39 Å². The number of fused-ring (bicyclic) bond motifs is 1. The van der Waals surface area contributed by atoms with E-state index in [2.05, 4.69) is 14.9 Å². The van der Waals surface area contributed by atoms with Crippen molar-refractivity contribution >= 4 is 22.7 Å². The molecule has 0 spiro atoms. The zero-order valence-electron chi connectivity index (χ0n) is 16.6. The van der Waals surface area contributed by atoms with Crippen LogP contribution in [0.1, 0.15) is 24.0 Å². The first-order valence-corrected chi connectivity index (χ1v) is 9.91. The van der Waals surface area contributed by atoms with E-state index in [1.54, 1.807) is 6.07 Å². The number of benzene rings is 2. The summed E-state index contributed by atoms with van der Waals surface area (Å²) in [5.41, 5.74) is 14.3. The van der Waals surface area contributed by atoms with Gasteiger partial charge in [-0.05, 0) is 62.5 Å². The zero-order chi connectivity index (χ0) is 20.4. The fourth-order valence-corrected chi connectivity index (χ4v) is 3.91. The number of likely N-dealkylation sites (tertiary alicyclic amines) is 1. The second kappa shape index (κ2) is 8.21. The molecule has 0 bridgehead atoms. The summed E-state index contributed by atoms with van der Waals surface area (Å²) in [5.74, 6) is 1.50. The molecule has 4 rings (SSSR count). The van der Waals surface area contributed by atoms with Crippen LogP contribution in [0.3, 0.4) is 0 Å². The first-order chi connectivity index (χ1) is 14.0. The number of aryl methyl sites for hydroxylation is 1. The van der Waals surface area contributed by atoms with Gasteiger partial charge in [0.2, 0.25) is 5.95 Å². The first kappa shape index (κ1) is 19.4. The van der Waals surface area contributed by atoms with Gasteiger partial charge in [0.05, 0.1) is 17.5 Å². The molecule has 29 heavy (non-hydrogen) atoms.